The van der Waals surface area contributed by atoms with Gasteiger partial charge in [-0.3, -0.25) is 0 Å². The summed E-state index contributed by atoms with van der Waals surface area (Å²) in [5.74, 6) is 0.227. The van der Waals surface area contributed by atoms with Gasteiger partial charge in [0.25, 0.3) is 0 Å². The van der Waals surface area contributed by atoms with Crippen LogP contribution in [-0.2, 0) is 4.74 Å². The van der Waals surface area contributed by atoms with Crippen LogP contribution in [0.5, 0.6) is 0 Å². The van der Waals surface area contributed by atoms with Crippen LogP contribution in [0, 0.1) is 0 Å². The summed E-state index contributed by atoms with van der Waals surface area (Å²) in [5.41, 5.74) is 3.11. The molecule has 0 aliphatic carbocycles. The number of rotatable bonds is 6. The number of fused-ring (bicyclic) bond motifs is 2. The van der Waals surface area contributed by atoms with Crippen molar-refractivity contribution in [1.82, 2.24) is 0 Å². The van der Waals surface area contributed by atoms with Gasteiger partial charge in [-0.15, -0.1) is 0 Å². The second-order valence-corrected chi connectivity index (χ2v) is 8.53. The van der Waals surface area contributed by atoms with Gasteiger partial charge in [0.15, 0.2) is 0 Å². The van der Waals surface area contributed by atoms with Crippen molar-refractivity contribution >= 4 is 31.8 Å². The molecule has 1 unspecified atom stereocenters. The maximum absolute atomic E-state index is 6.32. The van der Waals surface area contributed by atoms with E-state index in [2.05, 4.69) is 91.9 Å². The number of hydrogen-bond donors (Lipinski definition) is 0. The van der Waals surface area contributed by atoms with E-state index < -0.39 is 0 Å². The summed E-state index contributed by atoms with van der Waals surface area (Å²) in [6.07, 6.45) is 1.09. The molecule has 27 heavy (non-hydrogen) atoms. The first-order valence-electron chi connectivity index (χ1n) is 9.85. The van der Waals surface area contributed by atoms with Gasteiger partial charge in [-0.2, -0.15) is 0 Å². The molecule has 0 saturated carbocycles. The summed E-state index contributed by atoms with van der Waals surface area (Å²) in [4.78, 5) is 0. The standard InChI is InChI=1S/C25H26OSi/c1-2-25(27)26-17-24(22-15-7-11-18-9-3-5-13-20(18)22)23-16-8-12-19-10-4-6-14-21(19)23/h3-16,24-25H,2,17H2,1,27H3. The Balaban J connectivity index is 1.88. The van der Waals surface area contributed by atoms with Crippen molar-refractivity contribution in [1.29, 1.82) is 0 Å². The monoisotopic (exact) mass is 370 g/mol. The summed E-state index contributed by atoms with van der Waals surface area (Å²) < 4.78 is 6.32. The SMILES string of the molecule is CCC([SiH3])OCC(c1cccc2ccccc12)c1cccc2ccccc12. The zero-order chi connectivity index (χ0) is 18.6. The van der Waals surface area contributed by atoms with Crippen molar-refractivity contribution in [3.8, 4) is 0 Å². The van der Waals surface area contributed by atoms with Crippen molar-refractivity contribution in [3.63, 3.8) is 0 Å². The highest BCUT2D eigenvalue weighted by Gasteiger charge is 2.20. The van der Waals surface area contributed by atoms with Gasteiger partial charge in [-0.1, -0.05) is 91.9 Å². The number of ether oxygens (including phenoxy) is 1. The molecule has 0 N–H and O–H groups in total. The van der Waals surface area contributed by atoms with Gasteiger partial charge in [-0.05, 0) is 39.1 Å². The van der Waals surface area contributed by atoms with Gasteiger partial charge in [-0.25, -0.2) is 0 Å². The number of benzene rings is 4. The fraction of sp³-hybridized carbons (Fsp3) is 0.200. The normalized spacial score (nSPS) is 12.8. The predicted molar refractivity (Wildman–Crippen MR) is 120 cm³/mol. The largest absolute Gasteiger partial charge is 0.382 e. The Hall–Kier alpha value is -2.42. The smallest absolute Gasteiger partial charge is 0.0574 e. The summed E-state index contributed by atoms with van der Waals surface area (Å²) in [7, 11) is 1.07. The first-order valence-corrected chi connectivity index (χ1v) is 11.0. The molecule has 2 heteroatoms. The molecule has 0 amide bonds. The highest BCUT2D eigenvalue weighted by atomic mass is 28.1. The lowest BCUT2D eigenvalue weighted by Gasteiger charge is -2.23. The molecule has 0 fully saturated rings. The van der Waals surface area contributed by atoms with Crippen LogP contribution in [-0.4, -0.2) is 22.6 Å². The van der Waals surface area contributed by atoms with E-state index in [9.17, 15) is 0 Å². The second kappa shape index (κ2) is 8.08. The molecule has 4 rings (SSSR count). The van der Waals surface area contributed by atoms with E-state index in [1.165, 1.54) is 32.7 Å². The third-order valence-corrected chi connectivity index (χ3v) is 6.67. The van der Waals surface area contributed by atoms with Crippen molar-refractivity contribution < 1.29 is 4.74 Å². The zero-order valence-corrected chi connectivity index (χ0v) is 18.1. The van der Waals surface area contributed by atoms with Crippen LogP contribution in [0.1, 0.15) is 30.4 Å². The number of hydrogen-bond acceptors (Lipinski definition) is 1. The summed E-state index contributed by atoms with van der Waals surface area (Å²) in [6.45, 7) is 2.94. The molecule has 4 aromatic carbocycles. The fourth-order valence-electron chi connectivity index (χ4n) is 3.83. The van der Waals surface area contributed by atoms with Crippen molar-refractivity contribution in [3.05, 3.63) is 96.1 Å². The minimum atomic E-state index is 0.227. The molecule has 1 atom stereocenters. The third kappa shape index (κ3) is 3.69. The molecule has 0 aliphatic heterocycles. The van der Waals surface area contributed by atoms with E-state index in [0.717, 1.165) is 23.3 Å². The Kier molecular flexibility index (Phi) is 5.37. The van der Waals surface area contributed by atoms with E-state index in [1.807, 2.05) is 0 Å². The molecule has 0 aliphatic rings. The first kappa shape index (κ1) is 18.0. The molecule has 0 radical (unpaired) electrons. The van der Waals surface area contributed by atoms with Crippen LogP contribution in [0.2, 0.25) is 0 Å². The van der Waals surface area contributed by atoms with Crippen LogP contribution in [0.4, 0.5) is 0 Å². The zero-order valence-electron chi connectivity index (χ0n) is 16.1. The van der Waals surface area contributed by atoms with Gasteiger partial charge in [0.2, 0.25) is 0 Å². The Bertz CT molecular complexity index is 966. The van der Waals surface area contributed by atoms with Gasteiger partial charge in [0.05, 0.1) is 6.61 Å². The van der Waals surface area contributed by atoms with Crippen LogP contribution >= 0.6 is 0 Å². The summed E-state index contributed by atoms with van der Waals surface area (Å²) in [6, 6.07) is 30.6. The molecule has 4 aromatic rings. The average Bonchev–Trinajstić information content (AvgIpc) is 2.74. The van der Waals surface area contributed by atoms with Crippen molar-refractivity contribution in [2.45, 2.75) is 25.0 Å². The molecular formula is C25H26OSi. The van der Waals surface area contributed by atoms with Crippen molar-refractivity contribution in [2.75, 3.05) is 6.61 Å². The lowest BCUT2D eigenvalue weighted by Crippen LogP contribution is -2.18. The lowest BCUT2D eigenvalue weighted by atomic mass is 9.86. The fourth-order valence-corrected chi connectivity index (χ4v) is 4.03. The van der Waals surface area contributed by atoms with Gasteiger partial charge in [0.1, 0.15) is 0 Å². The van der Waals surface area contributed by atoms with Crippen LogP contribution in [0.15, 0.2) is 84.9 Å². The Morgan fingerprint density at radius 2 is 1.19 bits per heavy atom. The summed E-state index contributed by atoms with van der Waals surface area (Å²) >= 11 is 0. The maximum atomic E-state index is 6.32. The van der Waals surface area contributed by atoms with Crippen molar-refractivity contribution in [2.24, 2.45) is 0 Å². The van der Waals surface area contributed by atoms with E-state index >= 15 is 0 Å². The van der Waals surface area contributed by atoms with E-state index in [0.29, 0.717) is 5.73 Å². The minimum Gasteiger partial charge on any atom is -0.382 e. The average molecular weight is 371 g/mol. The lowest BCUT2D eigenvalue weighted by molar-refractivity contribution is 0.0989. The Morgan fingerprint density at radius 1 is 0.704 bits per heavy atom. The molecule has 136 valence electrons. The van der Waals surface area contributed by atoms with Crippen LogP contribution in [0.25, 0.3) is 21.5 Å². The Morgan fingerprint density at radius 3 is 1.70 bits per heavy atom. The maximum Gasteiger partial charge on any atom is 0.0574 e. The molecule has 0 heterocycles. The minimum absolute atomic E-state index is 0.227. The van der Waals surface area contributed by atoms with Crippen LogP contribution in [0.3, 0.4) is 0 Å². The molecule has 0 bridgehead atoms. The van der Waals surface area contributed by atoms with E-state index in [4.69, 9.17) is 4.74 Å². The highest BCUT2D eigenvalue weighted by Crippen LogP contribution is 2.35. The van der Waals surface area contributed by atoms with Gasteiger partial charge in [0, 0.05) is 21.9 Å². The quantitative estimate of drug-likeness (QED) is 0.422. The van der Waals surface area contributed by atoms with E-state index in [-0.39, 0.29) is 5.92 Å². The molecule has 0 saturated heterocycles. The summed E-state index contributed by atoms with van der Waals surface area (Å²) in [5, 5.41) is 5.22. The van der Waals surface area contributed by atoms with Crippen LogP contribution < -0.4 is 0 Å². The molecule has 0 spiro atoms. The van der Waals surface area contributed by atoms with Gasteiger partial charge >= 0.3 is 0 Å². The molecule has 1 nitrogen and oxygen atoms in total. The second-order valence-electron chi connectivity index (χ2n) is 7.24. The third-order valence-electron chi connectivity index (χ3n) is 5.52. The van der Waals surface area contributed by atoms with E-state index in [1.54, 1.807) is 0 Å². The molecule has 0 aromatic heterocycles. The predicted octanol–water partition coefficient (Wildman–Crippen LogP) is 5.24. The molecular weight excluding hydrogens is 344 g/mol. The highest BCUT2D eigenvalue weighted by molar-refractivity contribution is 6.10. The van der Waals surface area contributed by atoms with Gasteiger partial charge < -0.3 is 4.74 Å². The first-order chi connectivity index (χ1) is 13.3. The Labute approximate surface area is 164 Å². The topological polar surface area (TPSA) is 9.23 Å².